The minimum atomic E-state index is -0.0108. The molecule has 0 aromatic carbocycles. The molecule has 1 aliphatic carbocycles. The van der Waals surface area contributed by atoms with Crippen molar-refractivity contribution in [2.45, 2.75) is 70.4 Å². The fraction of sp³-hybridized carbons (Fsp3) is 0.933. The number of rotatable bonds is 7. The van der Waals surface area contributed by atoms with Gasteiger partial charge in [0.1, 0.15) is 0 Å². The third kappa shape index (κ3) is 5.11. The van der Waals surface area contributed by atoms with Gasteiger partial charge in [-0.1, -0.05) is 33.1 Å². The van der Waals surface area contributed by atoms with E-state index in [0.717, 1.165) is 12.8 Å². The van der Waals surface area contributed by atoms with E-state index in [4.69, 9.17) is 5.11 Å². The van der Waals surface area contributed by atoms with E-state index in [9.17, 15) is 4.79 Å². The lowest BCUT2D eigenvalue weighted by molar-refractivity contribution is -0.124. The molecule has 1 atom stereocenters. The van der Waals surface area contributed by atoms with Gasteiger partial charge < -0.3 is 15.7 Å². The van der Waals surface area contributed by atoms with E-state index in [1.807, 2.05) is 7.05 Å². The molecule has 4 heteroatoms. The molecular weight excluding hydrogens is 240 g/mol. The van der Waals surface area contributed by atoms with Crippen LogP contribution in [0.1, 0.15) is 58.8 Å². The standard InChI is InChI=1S/C15H30N2O2/c1-12(2)13(7-10-18)17-14(19)11-15(16-3)8-5-4-6-9-15/h12-13,16,18H,4-11H2,1-3H3,(H,17,19). The summed E-state index contributed by atoms with van der Waals surface area (Å²) in [6, 6.07) is 0.0787. The molecule has 1 amide bonds. The van der Waals surface area contributed by atoms with Crippen LogP contribution < -0.4 is 10.6 Å². The van der Waals surface area contributed by atoms with Crippen molar-refractivity contribution in [3.05, 3.63) is 0 Å². The zero-order valence-corrected chi connectivity index (χ0v) is 12.7. The second-order valence-electron chi connectivity index (χ2n) is 6.20. The van der Waals surface area contributed by atoms with Gasteiger partial charge in [-0.2, -0.15) is 0 Å². The molecule has 0 aromatic heterocycles. The Kier molecular flexibility index (Phi) is 6.80. The molecule has 0 radical (unpaired) electrons. The molecule has 3 N–H and O–H groups in total. The maximum atomic E-state index is 12.2. The predicted octanol–water partition coefficient (Wildman–Crippen LogP) is 1.82. The number of aliphatic hydroxyl groups excluding tert-OH is 1. The number of hydrogen-bond donors (Lipinski definition) is 3. The van der Waals surface area contributed by atoms with Gasteiger partial charge in [0.2, 0.25) is 5.91 Å². The molecule has 1 fully saturated rings. The molecule has 0 aromatic rings. The van der Waals surface area contributed by atoms with Crippen molar-refractivity contribution in [3.63, 3.8) is 0 Å². The predicted molar refractivity (Wildman–Crippen MR) is 78.0 cm³/mol. The van der Waals surface area contributed by atoms with Gasteiger partial charge in [-0.3, -0.25) is 4.79 Å². The van der Waals surface area contributed by atoms with Gasteiger partial charge in [0.25, 0.3) is 0 Å². The average Bonchev–Trinajstić information content (AvgIpc) is 2.39. The van der Waals surface area contributed by atoms with Crippen LogP contribution in [0.25, 0.3) is 0 Å². The summed E-state index contributed by atoms with van der Waals surface area (Å²) in [5.74, 6) is 0.469. The molecule has 0 saturated heterocycles. The lowest BCUT2D eigenvalue weighted by Crippen LogP contribution is -2.50. The molecule has 1 unspecified atom stereocenters. The lowest BCUT2D eigenvalue weighted by Gasteiger charge is -2.37. The van der Waals surface area contributed by atoms with Crippen LogP contribution >= 0.6 is 0 Å². The zero-order valence-electron chi connectivity index (χ0n) is 12.7. The first-order valence-electron chi connectivity index (χ1n) is 7.62. The van der Waals surface area contributed by atoms with Crippen molar-refractivity contribution in [2.24, 2.45) is 5.92 Å². The van der Waals surface area contributed by atoms with E-state index < -0.39 is 0 Å². The Hall–Kier alpha value is -0.610. The monoisotopic (exact) mass is 270 g/mol. The van der Waals surface area contributed by atoms with Crippen LogP contribution in [0.15, 0.2) is 0 Å². The van der Waals surface area contributed by atoms with Gasteiger partial charge in [0.15, 0.2) is 0 Å². The maximum absolute atomic E-state index is 12.2. The Balaban J connectivity index is 2.52. The summed E-state index contributed by atoms with van der Waals surface area (Å²) in [6.07, 6.45) is 7.06. The van der Waals surface area contributed by atoms with Crippen LogP contribution in [-0.2, 0) is 4.79 Å². The average molecular weight is 270 g/mol. The normalized spacial score (nSPS) is 20.3. The van der Waals surface area contributed by atoms with E-state index in [1.54, 1.807) is 0 Å². The SMILES string of the molecule is CNC1(CC(=O)NC(CCO)C(C)C)CCCCC1. The number of nitrogens with one attached hydrogen (secondary N) is 2. The molecule has 4 nitrogen and oxygen atoms in total. The van der Waals surface area contributed by atoms with E-state index in [-0.39, 0.29) is 24.1 Å². The van der Waals surface area contributed by atoms with Crippen molar-refractivity contribution >= 4 is 5.91 Å². The number of carbonyl (C=O) groups excluding carboxylic acids is 1. The quantitative estimate of drug-likeness (QED) is 0.661. The highest BCUT2D eigenvalue weighted by Gasteiger charge is 2.33. The molecule has 0 bridgehead atoms. The molecule has 0 aliphatic heterocycles. The molecule has 0 heterocycles. The van der Waals surface area contributed by atoms with Crippen molar-refractivity contribution < 1.29 is 9.90 Å². The molecule has 1 rings (SSSR count). The van der Waals surface area contributed by atoms with Crippen LogP contribution in [0, 0.1) is 5.92 Å². The molecule has 1 saturated carbocycles. The van der Waals surface area contributed by atoms with Gasteiger partial charge in [0, 0.05) is 24.6 Å². The first-order valence-corrected chi connectivity index (χ1v) is 7.62. The third-order valence-electron chi connectivity index (χ3n) is 4.43. The van der Waals surface area contributed by atoms with Gasteiger partial charge in [-0.15, -0.1) is 0 Å². The van der Waals surface area contributed by atoms with Gasteiger partial charge in [-0.05, 0) is 32.2 Å². The van der Waals surface area contributed by atoms with Gasteiger partial charge >= 0.3 is 0 Å². The fourth-order valence-corrected chi connectivity index (χ4v) is 3.02. The molecular formula is C15H30N2O2. The first kappa shape index (κ1) is 16.4. The van der Waals surface area contributed by atoms with E-state index in [1.165, 1.54) is 19.3 Å². The summed E-state index contributed by atoms with van der Waals surface area (Å²) < 4.78 is 0. The Morgan fingerprint density at radius 2 is 1.89 bits per heavy atom. The van der Waals surface area contributed by atoms with E-state index >= 15 is 0 Å². The van der Waals surface area contributed by atoms with Crippen LogP contribution in [0.2, 0.25) is 0 Å². The summed E-state index contributed by atoms with van der Waals surface area (Å²) in [7, 11) is 1.96. The van der Waals surface area contributed by atoms with Crippen LogP contribution in [-0.4, -0.2) is 36.2 Å². The third-order valence-corrected chi connectivity index (χ3v) is 4.43. The highest BCUT2D eigenvalue weighted by atomic mass is 16.3. The number of amides is 1. The topological polar surface area (TPSA) is 61.4 Å². The van der Waals surface area contributed by atoms with E-state index in [0.29, 0.717) is 18.8 Å². The Morgan fingerprint density at radius 3 is 2.37 bits per heavy atom. The number of aliphatic hydroxyl groups is 1. The van der Waals surface area contributed by atoms with E-state index in [2.05, 4.69) is 24.5 Å². The summed E-state index contributed by atoms with van der Waals surface area (Å²) >= 11 is 0. The highest BCUT2D eigenvalue weighted by Crippen LogP contribution is 2.30. The van der Waals surface area contributed by atoms with Crippen LogP contribution in [0.4, 0.5) is 0 Å². The smallest absolute Gasteiger partial charge is 0.222 e. The molecule has 0 spiro atoms. The van der Waals surface area contributed by atoms with Crippen LogP contribution in [0.5, 0.6) is 0 Å². The molecule has 112 valence electrons. The Bertz CT molecular complexity index is 273. The lowest BCUT2D eigenvalue weighted by atomic mass is 9.79. The first-order chi connectivity index (χ1) is 9.03. The number of carbonyl (C=O) groups is 1. The fourth-order valence-electron chi connectivity index (χ4n) is 3.02. The highest BCUT2D eigenvalue weighted by molar-refractivity contribution is 5.77. The van der Waals surface area contributed by atoms with Crippen molar-refractivity contribution in [1.29, 1.82) is 0 Å². The Morgan fingerprint density at radius 1 is 1.26 bits per heavy atom. The Labute approximate surface area is 117 Å². The van der Waals surface area contributed by atoms with Gasteiger partial charge in [0.05, 0.1) is 0 Å². The summed E-state index contributed by atoms with van der Waals surface area (Å²) in [5, 5.41) is 15.5. The minimum absolute atomic E-state index is 0.0108. The molecule has 19 heavy (non-hydrogen) atoms. The van der Waals surface area contributed by atoms with Crippen molar-refractivity contribution in [3.8, 4) is 0 Å². The summed E-state index contributed by atoms with van der Waals surface area (Å²) in [6.45, 7) is 4.28. The zero-order chi connectivity index (χ0) is 14.3. The summed E-state index contributed by atoms with van der Waals surface area (Å²) in [4.78, 5) is 12.2. The van der Waals surface area contributed by atoms with Gasteiger partial charge in [-0.25, -0.2) is 0 Å². The maximum Gasteiger partial charge on any atom is 0.222 e. The second kappa shape index (κ2) is 7.85. The van der Waals surface area contributed by atoms with Crippen LogP contribution in [0.3, 0.4) is 0 Å². The molecule has 1 aliphatic rings. The largest absolute Gasteiger partial charge is 0.396 e. The minimum Gasteiger partial charge on any atom is -0.396 e. The summed E-state index contributed by atoms with van der Waals surface area (Å²) in [5.41, 5.74) is -0.0108. The van der Waals surface area contributed by atoms with Crippen molar-refractivity contribution in [2.75, 3.05) is 13.7 Å². The second-order valence-corrected chi connectivity index (χ2v) is 6.20. The number of hydrogen-bond acceptors (Lipinski definition) is 3. The van der Waals surface area contributed by atoms with Crippen molar-refractivity contribution in [1.82, 2.24) is 10.6 Å².